The molecule has 5 nitrogen and oxygen atoms in total. The third-order valence-corrected chi connectivity index (χ3v) is 3.60. The van der Waals surface area contributed by atoms with Crippen LogP contribution in [0.4, 0.5) is 0 Å². The number of hydrogen-bond acceptors (Lipinski definition) is 5. The van der Waals surface area contributed by atoms with E-state index in [2.05, 4.69) is 22.2 Å². The summed E-state index contributed by atoms with van der Waals surface area (Å²) in [4.78, 5) is 19.2. The lowest BCUT2D eigenvalue weighted by atomic mass is 10.2. The number of nitrogens with one attached hydrogen (secondary N) is 1. The number of rotatable bonds is 6. The molecule has 0 aliphatic carbocycles. The zero-order chi connectivity index (χ0) is 13.7. The van der Waals surface area contributed by atoms with Crippen LogP contribution in [0, 0.1) is 0 Å². The van der Waals surface area contributed by atoms with Crippen molar-refractivity contribution in [3.05, 3.63) is 46.2 Å². The van der Waals surface area contributed by atoms with E-state index in [0.717, 1.165) is 17.1 Å². The summed E-state index contributed by atoms with van der Waals surface area (Å²) in [5.74, 6) is -1.01. The van der Waals surface area contributed by atoms with Gasteiger partial charge < -0.3 is 10.4 Å². The van der Waals surface area contributed by atoms with Gasteiger partial charge in [-0.05, 0) is 18.6 Å². The molecular weight excluding hydrogens is 262 g/mol. The van der Waals surface area contributed by atoms with Crippen LogP contribution < -0.4 is 5.32 Å². The molecule has 2 aromatic heterocycles. The van der Waals surface area contributed by atoms with Gasteiger partial charge in [0.2, 0.25) is 0 Å². The highest BCUT2D eigenvalue weighted by Gasteiger charge is 2.12. The minimum atomic E-state index is -1.01. The lowest BCUT2D eigenvalue weighted by Gasteiger charge is -2.14. The summed E-state index contributed by atoms with van der Waals surface area (Å²) >= 11 is 1.61. The van der Waals surface area contributed by atoms with Crippen LogP contribution in [0.1, 0.15) is 40.6 Å². The van der Waals surface area contributed by atoms with Crippen molar-refractivity contribution >= 4 is 17.3 Å². The van der Waals surface area contributed by atoms with Crippen LogP contribution in [-0.4, -0.2) is 21.0 Å². The lowest BCUT2D eigenvalue weighted by molar-refractivity contribution is 0.0690. The Morgan fingerprint density at radius 2 is 2.37 bits per heavy atom. The van der Waals surface area contributed by atoms with Gasteiger partial charge in [0.1, 0.15) is 10.7 Å². The van der Waals surface area contributed by atoms with Gasteiger partial charge in [-0.1, -0.05) is 13.0 Å². The molecule has 0 saturated carbocycles. The largest absolute Gasteiger partial charge is 0.477 e. The maximum Gasteiger partial charge on any atom is 0.354 e. The van der Waals surface area contributed by atoms with E-state index < -0.39 is 5.97 Å². The van der Waals surface area contributed by atoms with Gasteiger partial charge in [0, 0.05) is 18.1 Å². The third kappa shape index (κ3) is 3.59. The number of thiazole rings is 1. The van der Waals surface area contributed by atoms with Gasteiger partial charge >= 0.3 is 5.97 Å². The van der Waals surface area contributed by atoms with Gasteiger partial charge in [0.05, 0.1) is 11.7 Å². The molecular formula is C13H15N3O2S. The molecule has 2 rings (SSSR count). The lowest BCUT2D eigenvalue weighted by Crippen LogP contribution is -2.21. The molecule has 6 heteroatoms. The second kappa shape index (κ2) is 6.40. The summed E-state index contributed by atoms with van der Waals surface area (Å²) in [5.41, 5.74) is 0.788. The van der Waals surface area contributed by atoms with E-state index >= 15 is 0 Å². The molecule has 0 aliphatic heterocycles. The summed E-state index contributed by atoms with van der Waals surface area (Å²) in [6.45, 7) is 2.61. The smallest absolute Gasteiger partial charge is 0.354 e. The van der Waals surface area contributed by atoms with Crippen molar-refractivity contribution in [2.24, 2.45) is 0 Å². The van der Waals surface area contributed by atoms with Crippen molar-refractivity contribution in [3.8, 4) is 0 Å². The number of carbonyl (C=O) groups is 1. The minimum absolute atomic E-state index is 0.0709. The summed E-state index contributed by atoms with van der Waals surface area (Å²) in [7, 11) is 0. The average Bonchev–Trinajstić information content (AvgIpc) is 2.94. The van der Waals surface area contributed by atoms with Gasteiger partial charge in [0.15, 0.2) is 0 Å². The van der Waals surface area contributed by atoms with Crippen LogP contribution in [0.5, 0.6) is 0 Å². The molecule has 19 heavy (non-hydrogen) atoms. The van der Waals surface area contributed by atoms with Gasteiger partial charge in [-0.3, -0.25) is 0 Å². The first kappa shape index (κ1) is 13.6. The molecule has 1 atom stereocenters. The SMILES string of the molecule is CCC(NCc1cccc(C(=O)O)n1)c1nccs1. The number of carboxylic acids is 1. The first-order valence-electron chi connectivity index (χ1n) is 6.02. The van der Waals surface area contributed by atoms with Gasteiger partial charge in [-0.15, -0.1) is 11.3 Å². The fourth-order valence-corrected chi connectivity index (χ4v) is 2.53. The zero-order valence-electron chi connectivity index (χ0n) is 10.5. The van der Waals surface area contributed by atoms with Crippen LogP contribution in [0.3, 0.4) is 0 Å². The van der Waals surface area contributed by atoms with E-state index in [0.29, 0.717) is 6.54 Å². The van der Waals surface area contributed by atoms with Gasteiger partial charge in [-0.2, -0.15) is 0 Å². The van der Waals surface area contributed by atoms with Crippen molar-refractivity contribution in [1.82, 2.24) is 15.3 Å². The van der Waals surface area contributed by atoms with E-state index in [9.17, 15) is 4.79 Å². The molecule has 0 bridgehead atoms. The summed E-state index contributed by atoms with van der Waals surface area (Å²) in [5, 5.41) is 15.2. The van der Waals surface area contributed by atoms with Crippen molar-refractivity contribution in [2.75, 3.05) is 0 Å². The number of aromatic nitrogens is 2. The van der Waals surface area contributed by atoms with E-state index in [4.69, 9.17) is 5.11 Å². The third-order valence-electron chi connectivity index (χ3n) is 2.71. The van der Waals surface area contributed by atoms with Crippen molar-refractivity contribution in [1.29, 1.82) is 0 Å². The normalized spacial score (nSPS) is 12.3. The number of nitrogens with zero attached hydrogens (tertiary/aromatic N) is 2. The molecule has 0 aliphatic rings. The molecule has 0 spiro atoms. The van der Waals surface area contributed by atoms with Crippen LogP contribution in [0.25, 0.3) is 0 Å². The van der Waals surface area contributed by atoms with Gasteiger partial charge in [-0.25, -0.2) is 14.8 Å². The highest BCUT2D eigenvalue weighted by molar-refractivity contribution is 7.09. The van der Waals surface area contributed by atoms with Crippen LogP contribution in [0.2, 0.25) is 0 Å². The Hall–Kier alpha value is -1.79. The van der Waals surface area contributed by atoms with E-state index in [1.54, 1.807) is 23.6 Å². The number of aromatic carboxylic acids is 1. The fourth-order valence-electron chi connectivity index (χ4n) is 1.74. The summed E-state index contributed by atoms with van der Waals surface area (Å²) < 4.78 is 0. The molecule has 100 valence electrons. The average molecular weight is 277 g/mol. The molecule has 0 fully saturated rings. The van der Waals surface area contributed by atoms with E-state index in [1.807, 2.05) is 11.4 Å². The number of carboxylic acid groups (broad SMARTS) is 1. The Morgan fingerprint density at radius 1 is 1.53 bits per heavy atom. The van der Waals surface area contributed by atoms with Crippen LogP contribution >= 0.6 is 11.3 Å². The molecule has 0 saturated heterocycles. The maximum atomic E-state index is 10.8. The standard InChI is InChI=1S/C13H15N3O2S/c1-2-10(12-14-6-7-19-12)15-8-9-4-3-5-11(16-9)13(17)18/h3-7,10,15H,2,8H2,1H3,(H,17,18). The minimum Gasteiger partial charge on any atom is -0.477 e. The molecule has 2 heterocycles. The Labute approximate surface area is 115 Å². The van der Waals surface area contributed by atoms with Gasteiger partial charge in [0.25, 0.3) is 0 Å². The number of pyridine rings is 1. The molecule has 0 radical (unpaired) electrons. The molecule has 2 aromatic rings. The van der Waals surface area contributed by atoms with Crippen molar-refractivity contribution < 1.29 is 9.90 Å². The second-order valence-corrected chi connectivity index (χ2v) is 4.96. The summed E-state index contributed by atoms with van der Waals surface area (Å²) in [6.07, 6.45) is 2.71. The predicted molar refractivity (Wildman–Crippen MR) is 73.2 cm³/mol. The zero-order valence-corrected chi connectivity index (χ0v) is 11.4. The highest BCUT2D eigenvalue weighted by Crippen LogP contribution is 2.19. The highest BCUT2D eigenvalue weighted by atomic mass is 32.1. The monoisotopic (exact) mass is 277 g/mol. The Morgan fingerprint density at radius 3 is 3.00 bits per heavy atom. The Kier molecular flexibility index (Phi) is 4.59. The fraction of sp³-hybridized carbons (Fsp3) is 0.308. The Bertz CT molecular complexity index is 543. The first-order chi connectivity index (χ1) is 9.20. The van der Waals surface area contributed by atoms with Crippen molar-refractivity contribution in [3.63, 3.8) is 0 Å². The Balaban J connectivity index is 2.01. The second-order valence-electron chi connectivity index (χ2n) is 4.03. The first-order valence-corrected chi connectivity index (χ1v) is 6.90. The summed E-state index contributed by atoms with van der Waals surface area (Å²) in [6, 6.07) is 5.19. The van der Waals surface area contributed by atoms with E-state index in [1.165, 1.54) is 6.07 Å². The maximum absolute atomic E-state index is 10.8. The topological polar surface area (TPSA) is 75.1 Å². The van der Waals surface area contributed by atoms with E-state index in [-0.39, 0.29) is 11.7 Å². The van der Waals surface area contributed by atoms with Crippen molar-refractivity contribution in [2.45, 2.75) is 25.9 Å². The number of hydrogen-bond donors (Lipinski definition) is 2. The molecule has 0 aromatic carbocycles. The quantitative estimate of drug-likeness (QED) is 0.848. The van der Waals surface area contributed by atoms with Crippen LogP contribution in [0.15, 0.2) is 29.8 Å². The molecule has 1 unspecified atom stereocenters. The molecule has 2 N–H and O–H groups in total. The molecule has 0 amide bonds. The van der Waals surface area contributed by atoms with Crippen LogP contribution in [-0.2, 0) is 6.54 Å². The predicted octanol–water partition coefficient (Wildman–Crippen LogP) is 2.48.